The molecule has 0 spiro atoms. The smallest absolute Gasteiger partial charge is 0.00518 e. The second-order valence-electron chi connectivity index (χ2n) is 8.77. The molecule has 0 aliphatic carbocycles. The van der Waals surface area contributed by atoms with E-state index in [1.807, 2.05) is 108 Å². The molecule has 1 nitrogen and oxygen atoms in total. The monoisotopic (exact) mass is 648 g/mol. The predicted molar refractivity (Wildman–Crippen MR) is 230 cm³/mol. The first-order valence-electron chi connectivity index (χ1n) is 18.2. The topological polar surface area (TPSA) is 12.0 Å². The molecular weight excluding hydrogens is 567 g/mol. The van der Waals surface area contributed by atoms with Crippen molar-refractivity contribution in [2.75, 3.05) is 13.6 Å². The van der Waals surface area contributed by atoms with Crippen LogP contribution in [-0.4, -0.2) is 13.6 Å². The maximum Gasteiger partial charge on any atom is -0.00518 e. The average Bonchev–Trinajstić information content (AvgIpc) is 3.17. The van der Waals surface area contributed by atoms with E-state index >= 15 is 0 Å². The number of aryl methyl sites for hydroxylation is 2. The van der Waals surface area contributed by atoms with Crippen molar-refractivity contribution in [3.8, 4) is 12.8 Å². The van der Waals surface area contributed by atoms with Crippen LogP contribution in [0.3, 0.4) is 0 Å². The minimum absolute atomic E-state index is 1.10. The average molecular weight is 648 g/mol. The zero-order valence-electron chi connectivity index (χ0n) is 34.3. The van der Waals surface area contributed by atoms with E-state index in [1.165, 1.54) is 59.1 Å². The number of benzene rings is 2. The molecule has 0 saturated heterocycles. The van der Waals surface area contributed by atoms with Gasteiger partial charge in [-0.25, -0.2) is 0 Å². The maximum atomic E-state index is 4.00. The van der Waals surface area contributed by atoms with Gasteiger partial charge in [0.2, 0.25) is 0 Å². The maximum absolute atomic E-state index is 4.00. The third kappa shape index (κ3) is 38.8. The second kappa shape index (κ2) is 55.1. The van der Waals surface area contributed by atoms with Crippen molar-refractivity contribution >= 4 is 24.3 Å². The number of rotatable bonds is 12. The Morgan fingerprint density at radius 3 is 1.17 bits per heavy atom. The molecule has 270 valence electrons. The van der Waals surface area contributed by atoms with Crippen LogP contribution >= 0.6 is 0 Å². The molecule has 0 fully saturated rings. The van der Waals surface area contributed by atoms with Crippen LogP contribution in [0.15, 0.2) is 74.4 Å². The molecule has 0 unspecified atom stereocenters. The first kappa shape index (κ1) is 59.1. The highest BCUT2D eigenvalue weighted by Crippen LogP contribution is 2.17. The summed E-state index contributed by atoms with van der Waals surface area (Å²) < 4.78 is 0. The molecule has 0 bridgehead atoms. The molecule has 1 heteroatoms. The van der Waals surface area contributed by atoms with E-state index in [0.29, 0.717) is 0 Å². The molecule has 2 aromatic carbocycles. The Labute approximate surface area is 298 Å². The fourth-order valence-electron chi connectivity index (χ4n) is 3.30. The summed E-state index contributed by atoms with van der Waals surface area (Å²) in [5, 5.41) is 3.17. The lowest BCUT2D eigenvalue weighted by molar-refractivity contribution is 0.677. The summed E-state index contributed by atoms with van der Waals surface area (Å²) in [7, 11) is 1.99. The molecule has 0 heterocycles. The molecule has 1 N–H and O–H groups in total. The van der Waals surface area contributed by atoms with Crippen molar-refractivity contribution in [2.24, 2.45) is 0 Å². The summed E-state index contributed by atoms with van der Waals surface area (Å²) in [6, 6.07) is 13.0. The summed E-state index contributed by atoms with van der Waals surface area (Å²) in [5.41, 5.74) is 8.86. The fraction of sp³-hybridized carbons (Fsp3) is 0.478. The molecule has 0 aliphatic heterocycles. The Balaban J connectivity index is -0.0000000935. The van der Waals surface area contributed by atoms with E-state index in [2.05, 4.69) is 108 Å². The van der Waals surface area contributed by atoms with E-state index in [4.69, 9.17) is 0 Å². The van der Waals surface area contributed by atoms with Crippen LogP contribution in [0.2, 0.25) is 0 Å². The zero-order chi connectivity index (χ0) is 38.5. The number of hydrogen-bond acceptors (Lipinski definition) is 1. The molecule has 0 amide bonds. The van der Waals surface area contributed by atoms with Crippen LogP contribution in [0.1, 0.15) is 156 Å². The highest BCUT2D eigenvalue weighted by Gasteiger charge is 1.99. The van der Waals surface area contributed by atoms with Crippen LogP contribution < -0.4 is 5.32 Å². The first-order chi connectivity index (χ1) is 22.9. The SMILES string of the molecule is C#C.C=Cc1ccc(CCCC)cc1C=C.C=Cc1ccc(CCCCNC)cc1C=C.CC.CC.CC.CC.CC.CC=C(C)C. The van der Waals surface area contributed by atoms with Crippen LogP contribution in [-0.2, 0) is 12.8 Å². The molecule has 2 aromatic rings. The summed E-state index contributed by atoms with van der Waals surface area (Å²) in [6.45, 7) is 44.7. The number of hydrogen-bond donors (Lipinski definition) is 1. The van der Waals surface area contributed by atoms with Crippen molar-refractivity contribution in [1.82, 2.24) is 5.32 Å². The lowest BCUT2D eigenvalue weighted by Crippen LogP contribution is -2.07. The minimum atomic E-state index is 1.10. The number of allylic oxidation sites excluding steroid dienone is 2. The van der Waals surface area contributed by atoms with Crippen molar-refractivity contribution in [3.63, 3.8) is 0 Å². The summed E-state index contributed by atoms with van der Waals surface area (Å²) in [4.78, 5) is 0. The van der Waals surface area contributed by atoms with Crippen molar-refractivity contribution < 1.29 is 0 Å². The van der Waals surface area contributed by atoms with Crippen molar-refractivity contribution in [1.29, 1.82) is 0 Å². The van der Waals surface area contributed by atoms with E-state index in [1.54, 1.807) is 0 Å². The summed E-state index contributed by atoms with van der Waals surface area (Å²) in [5.74, 6) is 0. The number of nitrogens with one attached hydrogen (secondary N) is 1. The zero-order valence-corrected chi connectivity index (χ0v) is 34.3. The van der Waals surface area contributed by atoms with Crippen molar-refractivity contribution in [2.45, 2.75) is 135 Å². The summed E-state index contributed by atoms with van der Waals surface area (Å²) in [6.07, 6.45) is 24.9. The van der Waals surface area contributed by atoms with Crippen LogP contribution in [0.5, 0.6) is 0 Å². The van der Waals surface area contributed by atoms with Gasteiger partial charge < -0.3 is 5.32 Å². The molecule has 0 aromatic heterocycles. The van der Waals surface area contributed by atoms with Gasteiger partial charge in [-0.3, -0.25) is 0 Å². The third-order valence-electron chi connectivity index (χ3n) is 5.72. The Hall–Kier alpha value is -3.34. The van der Waals surface area contributed by atoms with Gasteiger partial charge in [0.25, 0.3) is 0 Å². The van der Waals surface area contributed by atoms with Gasteiger partial charge in [-0.2, -0.15) is 0 Å². The molecule has 0 aliphatic rings. The predicted octanol–water partition coefficient (Wildman–Crippen LogP) is 15.2. The lowest BCUT2D eigenvalue weighted by Gasteiger charge is -2.06. The van der Waals surface area contributed by atoms with Gasteiger partial charge in [0.05, 0.1) is 0 Å². The van der Waals surface area contributed by atoms with Gasteiger partial charge >= 0.3 is 0 Å². The van der Waals surface area contributed by atoms with Gasteiger partial charge in [-0.1, -0.05) is 181 Å². The third-order valence-corrected chi connectivity index (χ3v) is 5.72. The largest absolute Gasteiger partial charge is 0.320 e. The Morgan fingerprint density at radius 1 is 0.596 bits per heavy atom. The Kier molecular flexibility index (Phi) is 69.3. The molecule has 0 saturated carbocycles. The fourth-order valence-corrected chi connectivity index (χ4v) is 3.30. The van der Waals surface area contributed by atoms with Gasteiger partial charge in [-0.15, -0.1) is 12.8 Å². The standard InChI is InChI=1S/C15H21N.C14H18.C5H10.5C2H6.C2H2/c1-4-14-10-9-13(12-15(14)5-2)8-6-7-11-16-3;1-4-7-8-12-9-10-13(5-2)14(6-3)11-12;1-4-5(2)3;6*1-2/h4-5,9-10,12,16H,1-2,6-8,11H2,3H3;5-6,9-11H,2-4,7-8H2,1H3;4H,1-3H3;5*1-2H3;1-2H. The molecule has 47 heavy (non-hydrogen) atoms. The normalized spacial score (nSPS) is 7.77. The Bertz CT molecular complexity index is 968. The molecule has 0 radical (unpaired) electrons. The Morgan fingerprint density at radius 2 is 0.915 bits per heavy atom. The number of terminal acetylenes is 1. The van der Waals surface area contributed by atoms with E-state index < -0.39 is 0 Å². The molecule has 0 atom stereocenters. The minimum Gasteiger partial charge on any atom is -0.320 e. The van der Waals surface area contributed by atoms with Gasteiger partial charge in [0.15, 0.2) is 0 Å². The van der Waals surface area contributed by atoms with E-state index in [0.717, 1.165) is 24.9 Å². The quantitative estimate of drug-likeness (QED) is 0.137. The highest BCUT2D eigenvalue weighted by atomic mass is 14.8. The molecular formula is C46H81N. The van der Waals surface area contributed by atoms with Crippen LogP contribution in [0.25, 0.3) is 24.3 Å². The van der Waals surface area contributed by atoms with E-state index in [-0.39, 0.29) is 0 Å². The van der Waals surface area contributed by atoms with Crippen LogP contribution in [0.4, 0.5) is 0 Å². The first-order valence-corrected chi connectivity index (χ1v) is 18.2. The van der Waals surface area contributed by atoms with E-state index in [9.17, 15) is 0 Å². The van der Waals surface area contributed by atoms with Gasteiger partial charge in [-0.05, 0) is 99.8 Å². The highest BCUT2D eigenvalue weighted by molar-refractivity contribution is 5.65. The van der Waals surface area contributed by atoms with Crippen molar-refractivity contribution in [3.05, 3.63) is 108 Å². The molecule has 2 rings (SSSR count). The van der Waals surface area contributed by atoms with Gasteiger partial charge in [0.1, 0.15) is 0 Å². The number of unbranched alkanes of at least 4 members (excludes halogenated alkanes) is 2. The second-order valence-corrected chi connectivity index (χ2v) is 8.77. The lowest BCUT2D eigenvalue weighted by atomic mass is 10.0. The van der Waals surface area contributed by atoms with Gasteiger partial charge in [0, 0.05) is 0 Å². The summed E-state index contributed by atoms with van der Waals surface area (Å²) >= 11 is 0. The van der Waals surface area contributed by atoms with Crippen LogP contribution in [0, 0.1) is 12.8 Å².